The van der Waals surface area contributed by atoms with E-state index in [0.29, 0.717) is 17.3 Å². The number of aromatic nitrogens is 3. The number of rotatable bonds is 5. The zero-order valence-electron chi connectivity index (χ0n) is 14.2. The van der Waals surface area contributed by atoms with Crippen molar-refractivity contribution in [2.75, 3.05) is 0 Å². The standard InChI is InChI=1S/C17H16N4O3/c1-10-3-4-12(7-19-10)16-14(11(2)24-21-16)9-23-15-6-5-13(8-20-15)17(18)22/h3-8H,9H2,1-2H3,(H2,18,22)/i/hD. The molecule has 0 unspecified atom stereocenters. The Bertz CT molecular complexity index is 876. The lowest BCUT2D eigenvalue weighted by molar-refractivity contribution is 0.1000. The first-order valence-electron chi connectivity index (χ1n) is 7.77. The second-order valence-corrected chi connectivity index (χ2v) is 5.26. The molecule has 0 aliphatic rings. The van der Waals surface area contributed by atoms with Crippen molar-refractivity contribution in [2.24, 2.45) is 5.73 Å². The molecule has 0 bridgehead atoms. The summed E-state index contributed by atoms with van der Waals surface area (Å²) in [7, 11) is 0. The molecule has 3 aromatic rings. The number of ether oxygens (including phenoxy) is 1. The number of hydrogen-bond acceptors (Lipinski definition) is 6. The Morgan fingerprint density at radius 3 is 2.79 bits per heavy atom. The number of nitrogens with two attached hydrogens (primary N) is 1. The first-order valence-corrected chi connectivity index (χ1v) is 7.27. The van der Waals surface area contributed by atoms with Crippen LogP contribution in [0.25, 0.3) is 11.3 Å². The predicted octanol–water partition coefficient (Wildman–Crippen LogP) is 2.43. The minimum Gasteiger partial charge on any atom is -0.473 e. The van der Waals surface area contributed by atoms with E-state index in [0.717, 1.165) is 16.8 Å². The van der Waals surface area contributed by atoms with Crippen LogP contribution in [0.3, 0.4) is 0 Å². The molecule has 3 rings (SSSR count). The fraction of sp³-hybridized carbons (Fsp3) is 0.176. The molecule has 7 heteroatoms. The van der Waals surface area contributed by atoms with Crippen molar-refractivity contribution in [2.45, 2.75) is 20.5 Å². The van der Waals surface area contributed by atoms with E-state index in [2.05, 4.69) is 15.1 Å². The zero-order valence-corrected chi connectivity index (χ0v) is 13.2. The van der Waals surface area contributed by atoms with Crippen LogP contribution in [0.2, 0.25) is 1.41 Å². The smallest absolute Gasteiger partial charge is 0.250 e. The molecule has 1 amide bonds. The number of aryl methyl sites for hydroxylation is 2. The monoisotopic (exact) mass is 325 g/mol. The SMILES string of the molecule is [2H]NC(=O)c1ccc(OCc2c(-c3ccc(C)nc3)noc2C)nc1. The van der Waals surface area contributed by atoms with Crippen molar-refractivity contribution in [1.29, 1.82) is 0 Å². The summed E-state index contributed by atoms with van der Waals surface area (Å²) in [6.45, 7) is 3.94. The average Bonchev–Trinajstić information content (AvgIpc) is 3.01. The van der Waals surface area contributed by atoms with Gasteiger partial charge in [0.05, 0.1) is 11.1 Å². The van der Waals surface area contributed by atoms with E-state index in [-0.39, 0.29) is 12.2 Å². The lowest BCUT2D eigenvalue weighted by Gasteiger charge is -2.06. The summed E-state index contributed by atoms with van der Waals surface area (Å²) in [6, 6.07) is 6.94. The Kier molecular flexibility index (Phi) is 3.89. The van der Waals surface area contributed by atoms with Crippen LogP contribution in [-0.4, -0.2) is 21.0 Å². The Morgan fingerprint density at radius 1 is 1.25 bits per heavy atom. The van der Waals surface area contributed by atoms with Gasteiger partial charge in [-0.2, -0.15) is 0 Å². The summed E-state index contributed by atoms with van der Waals surface area (Å²) in [5.74, 6) is 0.485. The highest BCUT2D eigenvalue weighted by atomic mass is 16.5. The first-order chi connectivity index (χ1) is 12.1. The van der Waals surface area contributed by atoms with Crippen LogP contribution in [0.4, 0.5) is 0 Å². The molecule has 3 heterocycles. The molecule has 0 atom stereocenters. The van der Waals surface area contributed by atoms with Gasteiger partial charge in [0.2, 0.25) is 11.8 Å². The molecule has 0 aliphatic heterocycles. The molecule has 0 radical (unpaired) electrons. The molecular weight excluding hydrogens is 308 g/mol. The fourth-order valence-electron chi connectivity index (χ4n) is 2.14. The number of primary amides is 1. The van der Waals surface area contributed by atoms with Crippen LogP contribution >= 0.6 is 0 Å². The zero-order chi connectivity index (χ0) is 17.8. The second-order valence-electron chi connectivity index (χ2n) is 5.26. The van der Waals surface area contributed by atoms with Gasteiger partial charge < -0.3 is 15.0 Å². The molecule has 7 nitrogen and oxygen atoms in total. The fourth-order valence-corrected chi connectivity index (χ4v) is 2.14. The molecule has 3 aromatic heterocycles. The number of carbonyl (C=O) groups is 1. The number of hydrogen-bond donors (Lipinski definition) is 1. The molecule has 0 fully saturated rings. The van der Waals surface area contributed by atoms with Crippen molar-refractivity contribution >= 4 is 5.91 Å². The quantitative estimate of drug-likeness (QED) is 0.772. The van der Waals surface area contributed by atoms with E-state index < -0.39 is 5.91 Å². The van der Waals surface area contributed by atoms with Crippen LogP contribution in [0.1, 0.15) is 27.4 Å². The van der Waals surface area contributed by atoms with Crippen LogP contribution in [-0.2, 0) is 6.61 Å². The summed E-state index contributed by atoms with van der Waals surface area (Å²) in [4.78, 5) is 19.7. The number of nitrogens with zero attached hydrogens (tertiary/aromatic N) is 3. The molecule has 0 saturated heterocycles. The van der Waals surface area contributed by atoms with Crippen molar-refractivity contribution in [3.8, 4) is 17.1 Å². The van der Waals surface area contributed by atoms with Crippen molar-refractivity contribution in [1.82, 2.24) is 15.1 Å². The third kappa shape index (κ3) is 3.24. The van der Waals surface area contributed by atoms with Gasteiger partial charge in [0, 0.05) is 29.7 Å². The van der Waals surface area contributed by atoms with Gasteiger partial charge >= 0.3 is 0 Å². The molecule has 24 heavy (non-hydrogen) atoms. The Balaban J connectivity index is 1.76. The maximum Gasteiger partial charge on any atom is 0.250 e. The molecule has 0 aliphatic carbocycles. The molecule has 2 N–H and O–H groups in total. The summed E-state index contributed by atoms with van der Waals surface area (Å²) >= 11 is 0. The summed E-state index contributed by atoms with van der Waals surface area (Å²) < 4.78 is 17.8. The third-order valence-electron chi connectivity index (χ3n) is 3.53. The number of pyridine rings is 2. The number of amides is 1. The molecule has 122 valence electrons. The van der Waals surface area contributed by atoms with Crippen LogP contribution < -0.4 is 10.5 Å². The van der Waals surface area contributed by atoms with Gasteiger partial charge in [-0.3, -0.25) is 9.78 Å². The van der Waals surface area contributed by atoms with E-state index in [1.807, 2.05) is 26.0 Å². The van der Waals surface area contributed by atoms with Crippen LogP contribution in [0.15, 0.2) is 41.2 Å². The lowest BCUT2D eigenvalue weighted by atomic mass is 10.1. The Labute approximate surface area is 139 Å². The largest absolute Gasteiger partial charge is 0.473 e. The minimum atomic E-state index is -0.525. The maximum atomic E-state index is 11.3. The Morgan fingerprint density at radius 2 is 2.12 bits per heavy atom. The van der Waals surface area contributed by atoms with Crippen molar-refractivity contribution in [3.63, 3.8) is 0 Å². The topological polar surface area (TPSA) is 104 Å². The normalized spacial score (nSPS) is 11.0. The second kappa shape index (κ2) is 6.49. The molecule has 0 aromatic carbocycles. The van der Waals surface area contributed by atoms with Crippen molar-refractivity contribution in [3.05, 3.63) is 59.2 Å². The van der Waals surface area contributed by atoms with Gasteiger partial charge in [-0.1, -0.05) is 5.16 Å². The van der Waals surface area contributed by atoms with Crippen LogP contribution in [0.5, 0.6) is 5.88 Å². The first kappa shape index (κ1) is 14.4. The highest BCUT2D eigenvalue weighted by Crippen LogP contribution is 2.26. The maximum absolute atomic E-state index is 11.3. The van der Waals surface area contributed by atoms with Gasteiger partial charge in [-0.25, -0.2) is 4.98 Å². The predicted molar refractivity (Wildman–Crippen MR) is 86.3 cm³/mol. The highest BCUT2D eigenvalue weighted by molar-refractivity contribution is 5.92. The Hall–Kier alpha value is -3.22. The minimum absolute atomic E-state index is 0.218. The van der Waals surface area contributed by atoms with E-state index in [1.54, 1.807) is 18.0 Å². The van der Waals surface area contributed by atoms with E-state index >= 15 is 0 Å². The summed E-state index contributed by atoms with van der Waals surface area (Å²) in [6.07, 6.45) is 3.09. The van der Waals surface area contributed by atoms with Gasteiger partial charge in [0.25, 0.3) is 0 Å². The highest BCUT2D eigenvalue weighted by Gasteiger charge is 2.16. The van der Waals surface area contributed by atoms with Gasteiger partial charge in [0.15, 0.2) is 1.41 Å². The molecule has 0 saturated carbocycles. The summed E-state index contributed by atoms with van der Waals surface area (Å²) in [5, 5.41) is 4.09. The number of carbonyl (C=O) groups excluding carboxylic acids is 1. The van der Waals surface area contributed by atoms with Crippen LogP contribution in [0, 0.1) is 13.8 Å². The van der Waals surface area contributed by atoms with Gasteiger partial charge in [0.1, 0.15) is 18.1 Å². The van der Waals surface area contributed by atoms with Crippen molar-refractivity contribution < 1.29 is 15.5 Å². The van der Waals surface area contributed by atoms with Gasteiger partial charge in [-0.05, 0) is 32.0 Å². The van der Waals surface area contributed by atoms with E-state index in [9.17, 15) is 4.79 Å². The lowest BCUT2D eigenvalue weighted by Crippen LogP contribution is -2.11. The van der Waals surface area contributed by atoms with E-state index in [4.69, 9.17) is 10.7 Å². The van der Waals surface area contributed by atoms with E-state index in [1.165, 1.54) is 12.3 Å². The summed E-state index contributed by atoms with van der Waals surface area (Å²) in [5.41, 5.74) is 5.33. The molecular formula is C17H16N4O3. The molecule has 0 spiro atoms. The average molecular weight is 325 g/mol. The third-order valence-corrected chi connectivity index (χ3v) is 3.53. The van der Waals surface area contributed by atoms with Gasteiger partial charge in [-0.15, -0.1) is 0 Å².